The Labute approximate surface area is 178 Å². The third-order valence-electron chi connectivity index (χ3n) is 4.80. The van der Waals surface area contributed by atoms with Crippen LogP contribution < -0.4 is 24.8 Å². The van der Waals surface area contributed by atoms with Crippen molar-refractivity contribution in [3.8, 4) is 17.2 Å². The SMILES string of the molecule is COc1ccc(NC(=O)COc2ccc([C@@H]3CC(=O)Nc4ncnn43)cc2OC)cc1. The van der Waals surface area contributed by atoms with Gasteiger partial charge in [0, 0.05) is 5.69 Å². The molecule has 0 radical (unpaired) electrons. The van der Waals surface area contributed by atoms with Crippen molar-refractivity contribution >= 4 is 23.5 Å². The van der Waals surface area contributed by atoms with Crippen LogP contribution in [0.2, 0.25) is 0 Å². The van der Waals surface area contributed by atoms with Gasteiger partial charge in [0.15, 0.2) is 18.1 Å². The van der Waals surface area contributed by atoms with Gasteiger partial charge in [-0.3, -0.25) is 14.9 Å². The van der Waals surface area contributed by atoms with Gasteiger partial charge in [0.05, 0.1) is 26.7 Å². The third kappa shape index (κ3) is 4.42. The smallest absolute Gasteiger partial charge is 0.262 e. The van der Waals surface area contributed by atoms with E-state index in [9.17, 15) is 9.59 Å². The first-order valence-corrected chi connectivity index (χ1v) is 9.51. The number of carbonyl (C=O) groups is 2. The zero-order valence-corrected chi connectivity index (χ0v) is 17.0. The van der Waals surface area contributed by atoms with Crippen molar-refractivity contribution in [1.82, 2.24) is 14.8 Å². The number of nitrogens with zero attached hydrogens (tertiary/aromatic N) is 3. The van der Waals surface area contributed by atoms with E-state index >= 15 is 0 Å². The summed E-state index contributed by atoms with van der Waals surface area (Å²) in [7, 11) is 3.09. The number of amides is 2. The molecular formula is C21H21N5O5. The number of methoxy groups -OCH3 is 2. The van der Waals surface area contributed by atoms with E-state index in [-0.39, 0.29) is 30.9 Å². The van der Waals surface area contributed by atoms with E-state index in [1.165, 1.54) is 13.4 Å². The zero-order valence-electron chi connectivity index (χ0n) is 17.0. The van der Waals surface area contributed by atoms with Crippen LogP contribution in [-0.2, 0) is 9.59 Å². The highest BCUT2D eigenvalue weighted by atomic mass is 16.5. The Kier molecular flexibility index (Phi) is 5.69. The second-order valence-electron chi connectivity index (χ2n) is 6.77. The summed E-state index contributed by atoms with van der Waals surface area (Å²) in [4.78, 5) is 28.3. The Balaban J connectivity index is 1.44. The molecule has 2 amide bonds. The fourth-order valence-corrected chi connectivity index (χ4v) is 3.29. The number of aromatic nitrogens is 3. The Morgan fingerprint density at radius 3 is 2.71 bits per heavy atom. The molecular weight excluding hydrogens is 402 g/mol. The molecule has 2 heterocycles. The molecule has 2 aromatic carbocycles. The average molecular weight is 423 g/mol. The predicted molar refractivity (Wildman–Crippen MR) is 112 cm³/mol. The highest BCUT2D eigenvalue weighted by Gasteiger charge is 2.28. The van der Waals surface area contributed by atoms with Crippen LogP contribution in [0.3, 0.4) is 0 Å². The van der Waals surface area contributed by atoms with Crippen molar-refractivity contribution in [3.63, 3.8) is 0 Å². The fraction of sp³-hybridized carbons (Fsp3) is 0.238. The summed E-state index contributed by atoms with van der Waals surface area (Å²) in [6.45, 7) is -0.194. The van der Waals surface area contributed by atoms with E-state index in [2.05, 4.69) is 20.7 Å². The molecule has 0 saturated carbocycles. The first-order chi connectivity index (χ1) is 15.1. The number of hydrogen-bond acceptors (Lipinski definition) is 7. The van der Waals surface area contributed by atoms with Gasteiger partial charge in [-0.05, 0) is 42.0 Å². The first-order valence-electron chi connectivity index (χ1n) is 9.51. The van der Waals surface area contributed by atoms with E-state index in [0.29, 0.717) is 28.9 Å². The molecule has 31 heavy (non-hydrogen) atoms. The highest BCUT2D eigenvalue weighted by molar-refractivity contribution is 5.92. The van der Waals surface area contributed by atoms with E-state index in [4.69, 9.17) is 14.2 Å². The maximum atomic E-state index is 12.2. The summed E-state index contributed by atoms with van der Waals surface area (Å²) in [6.07, 6.45) is 1.62. The minimum atomic E-state index is -0.312. The van der Waals surface area contributed by atoms with Crippen molar-refractivity contribution in [2.75, 3.05) is 31.5 Å². The van der Waals surface area contributed by atoms with Crippen LogP contribution in [0, 0.1) is 0 Å². The van der Waals surface area contributed by atoms with Crippen molar-refractivity contribution in [2.45, 2.75) is 12.5 Å². The molecule has 1 aliphatic heterocycles. The van der Waals surface area contributed by atoms with Crippen molar-refractivity contribution in [1.29, 1.82) is 0 Å². The average Bonchev–Trinajstić information content (AvgIpc) is 3.26. The number of rotatable bonds is 7. The molecule has 1 aliphatic rings. The van der Waals surface area contributed by atoms with E-state index in [0.717, 1.165) is 5.56 Å². The summed E-state index contributed by atoms with van der Waals surface area (Å²) in [6, 6.07) is 12.0. The molecule has 1 atom stereocenters. The molecule has 1 aromatic heterocycles. The van der Waals surface area contributed by atoms with Gasteiger partial charge >= 0.3 is 0 Å². The monoisotopic (exact) mass is 423 g/mol. The van der Waals surface area contributed by atoms with Crippen LogP contribution in [0.4, 0.5) is 11.6 Å². The molecule has 0 bridgehead atoms. The Bertz CT molecular complexity index is 1100. The molecule has 0 unspecified atom stereocenters. The second kappa shape index (κ2) is 8.74. The summed E-state index contributed by atoms with van der Waals surface area (Å²) < 4.78 is 17.8. The van der Waals surface area contributed by atoms with E-state index < -0.39 is 0 Å². The Hall–Kier alpha value is -4.08. The van der Waals surface area contributed by atoms with Gasteiger partial charge in [0.2, 0.25) is 11.9 Å². The van der Waals surface area contributed by atoms with Crippen LogP contribution in [0.5, 0.6) is 17.2 Å². The van der Waals surface area contributed by atoms with Crippen LogP contribution in [-0.4, -0.2) is 47.4 Å². The topological polar surface area (TPSA) is 117 Å². The minimum absolute atomic E-state index is 0.139. The molecule has 4 rings (SSSR count). The molecule has 160 valence electrons. The molecule has 10 nitrogen and oxygen atoms in total. The number of ether oxygens (including phenoxy) is 3. The van der Waals surface area contributed by atoms with Gasteiger partial charge in [-0.15, -0.1) is 0 Å². The largest absolute Gasteiger partial charge is 0.497 e. The van der Waals surface area contributed by atoms with Gasteiger partial charge in [0.25, 0.3) is 5.91 Å². The van der Waals surface area contributed by atoms with Gasteiger partial charge in [-0.25, -0.2) is 4.68 Å². The number of carbonyl (C=O) groups excluding carboxylic acids is 2. The standard InChI is InChI=1S/C21H21N5O5/c1-29-15-6-4-14(5-7-15)24-20(28)11-31-17-8-3-13(9-18(17)30-2)16-10-19(27)25-21-22-12-23-26(16)21/h3-9,12,16H,10-11H2,1-2H3,(H,24,28)(H,22,23,25,27)/t16-/m0/s1. The Morgan fingerprint density at radius 1 is 1.16 bits per heavy atom. The summed E-state index contributed by atoms with van der Waals surface area (Å²) in [5, 5.41) is 9.63. The van der Waals surface area contributed by atoms with E-state index in [1.54, 1.807) is 48.2 Å². The highest BCUT2D eigenvalue weighted by Crippen LogP contribution is 2.34. The Morgan fingerprint density at radius 2 is 1.97 bits per heavy atom. The maximum absolute atomic E-state index is 12.2. The summed E-state index contributed by atoms with van der Waals surface area (Å²) in [5.41, 5.74) is 1.45. The van der Waals surface area contributed by atoms with Gasteiger partial charge < -0.3 is 19.5 Å². The number of anilines is 2. The van der Waals surface area contributed by atoms with Crippen molar-refractivity contribution < 1.29 is 23.8 Å². The molecule has 0 aliphatic carbocycles. The van der Waals surface area contributed by atoms with E-state index in [1.807, 2.05) is 6.07 Å². The lowest BCUT2D eigenvalue weighted by Crippen LogP contribution is -2.29. The molecule has 0 spiro atoms. The normalized spacial score (nSPS) is 14.9. The summed E-state index contributed by atoms with van der Waals surface area (Å²) >= 11 is 0. The predicted octanol–water partition coefficient (Wildman–Crippen LogP) is 2.24. The molecule has 10 heteroatoms. The molecule has 0 saturated heterocycles. The van der Waals surface area contributed by atoms with Crippen LogP contribution >= 0.6 is 0 Å². The first kappa shape index (κ1) is 20.2. The van der Waals surface area contributed by atoms with Gasteiger partial charge in [-0.2, -0.15) is 10.1 Å². The van der Waals surface area contributed by atoms with Crippen molar-refractivity contribution in [3.05, 3.63) is 54.4 Å². The lowest BCUT2D eigenvalue weighted by atomic mass is 10.0. The maximum Gasteiger partial charge on any atom is 0.262 e. The van der Waals surface area contributed by atoms with Crippen molar-refractivity contribution in [2.24, 2.45) is 0 Å². The van der Waals surface area contributed by atoms with Gasteiger partial charge in [0.1, 0.15) is 12.1 Å². The zero-order chi connectivity index (χ0) is 21.8. The lowest BCUT2D eigenvalue weighted by molar-refractivity contribution is -0.118. The number of fused-ring (bicyclic) bond motifs is 1. The quantitative estimate of drug-likeness (QED) is 0.599. The fourth-order valence-electron chi connectivity index (χ4n) is 3.29. The van der Waals surface area contributed by atoms with Crippen LogP contribution in [0.1, 0.15) is 18.0 Å². The molecule has 2 N–H and O–H groups in total. The van der Waals surface area contributed by atoms with Gasteiger partial charge in [-0.1, -0.05) is 6.07 Å². The molecule has 0 fully saturated rings. The number of benzene rings is 2. The lowest BCUT2D eigenvalue weighted by Gasteiger charge is -2.24. The molecule has 3 aromatic rings. The summed E-state index contributed by atoms with van der Waals surface area (Å²) in [5.74, 6) is 1.51. The number of nitrogens with one attached hydrogen (secondary N) is 2. The number of hydrogen-bond donors (Lipinski definition) is 2. The van der Waals surface area contributed by atoms with Crippen LogP contribution in [0.25, 0.3) is 0 Å². The minimum Gasteiger partial charge on any atom is -0.497 e. The third-order valence-corrected chi connectivity index (χ3v) is 4.80. The second-order valence-corrected chi connectivity index (χ2v) is 6.77. The van der Waals surface area contributed by atoms with Crippen LogP contribution in [0.15, 0.2) is 48.8 Å².